The summed E-state index contributed by atoms with van der Waals surface area (Å²) in [4.78, 5) is 26.8. The van der Waals surface area contributed by atoms with E-state index < -0.39 is 12.0 Å². The fourth-order valence-corrected chi connectivity index (χ4v) is 1.60. The number of urea groups is 1. The fourth-order valence-electron chi connectivity index (χ4n) is 1.60. The molecule has 0 aliphatic carbocycles. The van der Waals surface area contributed by atoms with Gasteiger partial charge in [0.05, 0.1) is 17.7 Å². The van der Waals surface area contributed by atoms with E-state index in [-0.39, 0.29) is 23.8 Å². The van der Waals surface area contributed by atoms with Gasteiger partial charge in [-0.3, -0.25) is 0 Å². The summed E-state index contributed by atoms with van der Waals surface area (Å²) in [5, 5.41) is 20.2. The van der Waals surface area contributed by atoms with Gasteiger partial charge >= 0.3 is 12.0 Å². The van der Waals surface area contributed by atoms with Crippen LogP contribution >= 0.6 is 0 Å². The molecule has 2 amide bonds. The molecule has 0 aliphatic heterocycles. The monoisotopic (exact) mass is 264 g/mol. The third-order valence-electron chi connectivity index (χ3n) is 2.52. The zero-order valence-electron chi connectivity index (χ0n) is 11.0. The summed E-state index contributed by atoms with van der Waals surface area (Å²) < 4.78 is 0. The molecule has 0 aliphatic rings. The summed E-state index contributed by atoms with van der Waals surface area (Å²) in [6.07, 6.45) is 0. The van der Waals surface area contributed by atoms with Gasteiger partial charge in [-0.1, -0.05) is 0 Å². The number of carbonyl (C=O) groups excluding carboxylic acids is 1. The highest BCUT2D eigenvalue weighted by Crippen LogP contribution is 2.17. The number of nitrogens with one attached hydrogen (secondary N) is 2. The molecule has 19 heavy (non-hydrogen) atoms. The number of carbonyl (C=O) groups is 2. The number of H-pyrrole nitrogens is 1. The lowest BCUT2D eigenvalue weighted by Gasteiger charge is -2.18. The standard InChI is InChI=1S/C12H16N4O3/c1-7(5-13)6-16(3)12(19)15-9-4-8(2)14-10(9)11(17)18/h4,7,14H,6H2,1-3H3,(H,15,19)(H,17,18). The fraction of sp³-hybridized carbons (Fsp3) is 0.417. The van der Waals surface area contributed by atoms with Crippen LogP contribution in [0.4, 0.5) is 10.5 Å². The number of carboxylic acids is 1. The highest BCUT2D eigenvalue weighted by Gasteiger charge is 2.18. The third kappa shape index (κ3) is 3.74. The average Bonchev–Trinajstić information content (AvgIpc) is 2.70. The first-order valence-corrected chi connectivity index (χ1v) is 5.69. The minimum Gasteiger partial charge on any atom is -0.477 e. The molecule has 0 bridgehead atoms. The molecule has 1 rings (SSSR count). The van der Waals surface area contributed by atoms with Gasteiger partial charge in [-0.25, -0.2) is 9.59 Å². The van der Waals surface area contributed by atoms with Gasteiger partial charge in [0.15, 0.2) is 0 Å². The molecule has 7 nitrogen and oxygen atoms in total. The number of anilines is 1. The van der Waals surface area contributed by atoms with E-state index in [1.54, 1.807) is 27.0 Å². The van der Waals surface area contributed by atoms with Crippen molar-refractivity contribution in [2.24, 2.45) is 5.92 Å². The van der Waals surface area contributed by atoms with Gasteiger partial charge in [0.2, 0.25) is 0 Å². The van der Waals surface area contributed by atoms with E-state index in [4.69, 9.17) is 10.4 Å². The normalized spacial score (nSPS) is 11.5. The Morgan fingerprint density at radius 3 is 2.79 bits per heavy atom. The van der Waals surface area contributed by atoms with Crippen LogP contribution in [-0.4, -0.2) is 40.6 Å². The van der Waals surface area contributed by atoms with Gasteiger partial charge in [0.25, 0.3) is 0 Å². The predicted octanol–water partition coefficient (Wildman–Crippen LogP) is 1.64. The number of amides is 2. The van der Waals surface area contributed by atoms with Crippen LogP contribution in [0, 0.1) is 24.2 Å². The summed E-state index contributed by atoms with van der Waals surface area (Å²) in [6.45, 7) is 3.67. The van der Waals surface area contributed by atoms with Crippen LogP contribution in [0.2, 0.25) is 0 Å². The number of carboxylic acid groups (broad SMARTS) is 1. The Kier molecular flexibility index (Phi) is 4.53. The van der Waals surface area contributed by atoms with Gasteiger partial charge in [-0.15, -0.1) is 0 Å². The number of aromatic nitrogens is 1. The molecule has 0 fully saturated rings. The molecular formula is C12H16N4O3. The van der Waals surface area contributed by atoms with Crippen LogP contribution in [0.3, 0.4) is 0 Å². The quantitative estimate of drug-likeness (QED) is 0.767. The lowest BCUT2D eigenvalue weighted by atomic mass is 10.2. The summed E-state index contributed by atoms with van der Waals surface area (Å²) >= 11 is 0. The van der Waals surface area contributed by atoms with Gasteiger partial charge in [0.1, 0.15) is 5.69 Å². The molecule has 0 spiro atoms. The van der Waals surface area contributed by atoms with Crippen molar-refractivity contribution < 1.29 is 14.7 Å². The SMILES string of the molecule is Cc1cc(NC(=O)N(C)CC(C)C#N)c(C(=O)O)[nH]1. The Hall–Kier alpha value is -2.49. The summed E-state index contributed by atoms with van der Waals surface area (Å²) in [7, 11) is 1.54. The average molecular weight is 264 g/mol. The number of nitriles is 1. The van der Waals surface area contributed by atoms with Crippen molar-refractivity contribution in [3.8, 4) is 6.07 Å². The molecule has 0 aromatic carbocycles. The third-order valence-corrected chi connectivity index (χ3v) is 2.52. The second-order valence-electron chi connectivity index (χ2n) is 4.39. The maximum absolute atomic E-state index is 11.8. The molecule has 3 N–H and O–H groups in total. The Balaban J connectivity index is 2.77. The molecule has 0 radical (unpaired) electrons. The lowest BCUT2D eigenvalue weighted by molar-refractivity contribution is 0.0692. The number of aryl methyl sites for hydroxylation is 1. The van der Waals surface area contributed by atoms with Crippen molar-refractivity contribution in [1.29, 1.82) is 5.26 Å². The van der Waals surface area contributed by atoms with Crippen molar-refractivity contribution in [3.63, 3.8) is 0 Å². The van der Waals surface area contributed by atoms with Crippen LogP contribution in [0.1, 0.15) is 23.1 Å². The second kappa shape index (κ2) is 5.91. The van der Waals surface area contributed by atoms with Gasteiger partial charge < -0.3 is 20.3 Å². The molecule has 0 saturated heterocycles. The van der Waals surface area contributed by atoms with Crippen molar-refractivity contribution in [3.05, 3.63) is 17.5 Å². The van der Waals surface area contributed by atoms with Gasteiger partial charge in [0, 0.05) is 19.3 Å². The van der Waals surface area contributed by atoms with Crippen molar-refractivity contribution in [1.82, 2.24) is 9.88 Å². The van der Waals surface area contributed by atoms with E-state index in [1.807, 2.05) is 6.07 Å². The molecule has 102 valence electrons. The van der Waals surface area contributed by atoms with Crippen LogP contribution < -0.4 is 5.32 Å². The first-order valence-electron chi connectivity index (χ1n) is 5.69. The minimum atomic E-state index is -1.14. The number of aromatic carboxylic acids is 1. The molecule has 1 aromatic heterocycles. The number of nitrogens with zero attached hydrogens (tertiary/aromatic N) is 2. The summed E-state index contributed by atoms with van der Waals surface area (Å²) in [6, 6.07) is 3.12. The molecule has 1 unspecified atom stereocenters. The number of hydrogen-bond donors (Lipinski definition) is 3. The van der Waals surface area contributed by atoms with Crippen molar-refractivity contribution >= 4 is 17.7 Å². The maximum Gasteiger partial charge on any atom is 0.354 e. The van der Waals surface area contributed by atoms with Gasteiger partial charge in [-0.05, 0) is 19.9 Å². The van der Waals surface area contributed by atoms with Crippen molar-refractivity contribution in [2.45, 2.75) is 13.8 Å². The van der Waals surface area contributed by atoms with Crippen LogP contribution in [0.15, 0.2) is 6.07 Å². The first-order chi connectivity index (χ1) is 8.85. The first kappa shape index (κ1) is 14.6. The highest BCUT2D eigenvalue weighted by atomic mass is 16.4. The Labute approximate surface area is 110 Å². The number of hydrogen-bond acceptors (Lipinski definition) is 3. The zero-order chi connectivity index (χ0) is 14.6. The van der Waals surface area contributed by atoms with E-state index in [0.717, 1.165) is 0 Å². The van der Waals surface area contributed by atoms with E-state index in [9.17, 15) is 9.59 Å². The van der Waals surface area contributed by atoms with Crippen molar-refractivity contribution in [2.75, 3.05) is 18.9 Å². The number of rotatable bonds is 4. The molecule has 1 atom stereocenters. The minimum absolute atomic E-state index is 0.0624. The maximum atomic E-state index is 11.8. The van der Waals surface area contributed by atoms with E-state index in [0.29, 0.717) is 5.69 Å². The molecular weight excluding hydrogens is 248 g/mol. The van der Waals surface area contributed by atoms with E-state index >= 15 is 0 Å². The van der Waals surface area contributed by atoms with E-state index in [2.05, 4.69) is 10.3 Å². The largest absolute Gasteiger partial charge is 0.477 e. The van der Waals surface area contributed by atoms with Gasteiger partial charge in [-0.2, -0.15) is 5.26 Å². The Morgan fingerprint density at radius 1 is 1.63 bits per heavy atom. The predicted molar refractivity (Wildman–Crippen MR) is 68.9 cm³/mol. The summed E-state index contributed by atoms with van der Waals surface area (Å²) in [5.41, 5.74) is 0.791. The van der Waals surface area contributed by atoms with E-state index in [1.165, 1.54) is 4.90 Å². The zero-order valence-corrected chi connectivity index (χ0v) is 11.0. The van der Waals surface area contributed by atoms with Crippen LogP contribution in [-0.2, 0) is 0 Å². The topological polar surface area (TPSA) is 109 Å². The number of aromatic amines is 1. The smallest absolute Gasteiger partial charge is 0.354 e. The van der Waals surface area contributed by atoms with Crippen LogP contribution in [0.5, 0.6) is 0 Å². The molecule has 1 aromatic rings. The molecule has 7 heteroatoms. The molecule has 1 heterocycles. The Bertz CT molecular complexity index is 530. The Morgan fingerprint density at radius 2 is 2.26 bits per heavy atom. The van der Waals surface area contributed by atoms with Crippen LogP contribution in [0.25, 0.3) is 0 Å². The molecule has 0 saturated carbocycles. The second-order valence-corrected chi connectivity index (χ2v) is 4.39. The highest BCUT2D eigenvalue weighted by molar-refractivity contribution is 5.99. The lowest BCUT2D eigenvalue weighted by Crippen LogP contribution is -2.34. The summed E-state index contributed by atoms with van der Waals surface area (Å²) in [5.74, 6) is -1.43.